The highest BCUT2D eigenvalue weighted by Crippen LogP contribution is 2.23. The van der Waals surface area contributed by atoms with E-state index in [1.54, 1.807) is 6.07 Å². The average Bonchev–Trinajstić information content (AvgIpc) is 2.67. The molecule has 1 aromatic heterocycles. The minimum absolute atomic E-state index is 0.274. The van der Waals surface area contributed by atoms with Crippen LogP contribution in [0.1, 0.15) is 0 Å². The van der Waals surface area contributed by atoms with Gasteiger partial charge in [0.1, 0.15) is 5.82 Å². The number of likely N-dealkylation sites (N-methyl/N-ethyl adjacent to an activating group) is 1. The molecule has 0 saturated carbocycles. The van der Waals surface area contributed by atoms with Gasteiger partial charge in [0, 0.05) is 32.2 Å². The number of hydrogen-bond acceptors (Lipinski definition) is 3. The van der Waals surface area contributed by atoms with Gasteiger partial charge in [-0.25, -0.2) is 9.07 Å². The Labute approximate surface area is 123 Å². The second-order valence-electron chi connectivity index (χ2n) is 4.78. The van der Waals surface area contributed by atoms with Crippen LogP contribution in [0, 0.1) is 10.6 Å². The van der Waals surface area contributed by atoms with Gasteiger partial charge in [-0.15, -0.1) is 0 Å². The lowest BCUT2D eigenvalue weighted by Gasteiger charge is -2.34. The van der Waals surface area contributed by atoms with E-state index in [9.17, 15) is 4.39 Å². The summed E-state index contributed by atoms with van der Waals surface area (Å²) in [6.07, 6.45) is 0. The van der Waals surface area contributed by atoms with E-state index < -0.39 is 0 Å². The third kappa shape index (κ3) is 2.30. The first kappa shape index (κ1) is 13.1. The number of H-pyrrole nitrogens is 1. The van der Waals surface area contributed by atoms with Crippen molar-refractivity contribution < 1.29 is 4.39 Å². The molecule has 0 aliphatic carbocycles. The number of rotatable bonds is 1. The topological polar surface area (TPSA) is 27.2 Å². The van der Waals surface area contributed by atoms with Gasteiger partial charge < -0.3 is 14.9 Å². The Morgan fingerprint density at radius 2 is 1.95 bits per heavy atom. The number of fused-ring (bicyclic) bond motifs is 1. The maximum Gasteiger partial charge on any atom is 0.197 e. The molecule has 0 spiro atoms. The predicted octanol–water partition coefficient (Wildman–Crippen LogP) is 2.48. The van der Waals surface area contributed by atoms with Crippen LogP contribution in [-0.2, 0) is 0 Å². The van der Waals surface area contributed by atoms with Crippen molar-refractivity contribution in [3.05, 3.63) is 27.2 Å². The second-order valence-corrected chi connectivity index (χ2v) is 6.02. The van der Waals surface area contributed by atoms with E-state index in [0.717, 1.165) is 37.2 Å². The fourth-order valence-electron chi connectivity index (χ4n) is 2.37. The molecule has 4 nitrogen and oxygen atoms in total. The number of halogens is 2. The van der Waals surface area contributed by atoms with E-state index >= 15 is 0 Å². The predicted molar refractivity (Wildman–Crippen MR) is 80.2 cm³/mol. The highest BCUT2D eigenvalue weighted by atomic mass is 79.9. The molecule has 7 heteroatoms. The van der Waals surface area contributed by atoms with Crippen LogP contribution in [0.4, 0.5) is 4.39 Å². The first-order valence-electron chi connectivity index (χ1n) is 6.10. The lowest BCUT2D eigenvalue weighted by atomic mass is 10.3. The SMILES string of the molecule is CN1CCN(n2c(=S)[nH]c3cc(Br)c(F)cc32)CC1. The van der Waals surface area contributed by atoms with Crippen molar-refractivity contribution in [2.24, 2.45) is 0 Å². The monoisotopic (exact) mass is 344 g/mol. The molecular formula is C12H14BrFN4S. The van der Waals surface area contributed by atoms with Crippen LogP contribution >= 0.6 is 28.1 Å². The molecule has 3 rings (SSSR count). The Hall–Kier alpha value is -0.920. The van der Waals surface area contributed by atoms with E-state index in [-0.39, 0.29) is 5.82 Å². The molecular weight excluding hydrogens is 331 g/mol. The Morgan fingerprint density at radius 3 is 2.63 bits per heavy atom. The molecule has 0 unspecified atom stereocenters. The first-order chi connectivity index (χ1) is 9.06. The molecule has 0 atom stereocenters. The molecule has 1 saturated heterocycles. The summed E-state index contributed by atoms with van der Waals surface area (Å²) in [6.45, 7) is 3.73. The number of hydrogen-bond donors (Lipinski definition) is 1. The molecule has 1 N–H and O–H groups in total. The molecule has 19 heavy (non-hydrogen) atoms. The van der Waals surface area contributed by atoms with Gasteiger partial charge in [-0.1, -0.05) is 0 Å². The lowest BCUT2D eigenvalue weighted by molar-refractivity contribution is 0.288. The van der Waals surface area contributed by atoms with Crippen molar-refractivity contribution in [2.75, 3.05) is 38.2 Å². The molecule has 1 fully saturated rings. The van der Waals surface area contributed by atoms with Crippen LogP contribution in [0.15, 0.2) is 16.6 Å². The van der Waals surface area contributed by atoms with Gasteiger partial charge in [-0.3, -0.25) is 0 Å². The van der Waals surface area contributed by atoms with Gasteiger partial charge in [-0.05, 0) is 41.3 Å². The van der Waals surface area contributed by atoms with Gasteiger partial charge in [0.05, 0.1) is 15.5 Å². The molecule has 1 aliphatic rings. The largest absolute Gasteiger partial charge is 0.329 e. The van der Waals surface area contributed by atoms with E-state index in [0.29, 0.717) is 9.24 Å². The van der Waals surface area contributed by atoms with Crippen LogP contribution in [0.2, 0.25) is 0 Å². The fraction of sp³-hybridized carbons (Fsp3) is 0.417. The normalized spacial score (nSPS) is 17.3. The van der Waals surface area contributed by atoms with Crippen molar-refractivity contribution in [3.63, 3.8) is 0 Å². The molecule has 2 aromatic rings. The summed E-state index contributed by atoms with van der Waals surface area (Å²) in [5.41, 5.74) is 1.63. The average molecular weight is 345 g/mol. The molecule has 1 aliphatic heterocycles. The maximum atomic E-state index is 13.7. The van der Waals surface area contributed by atoms with Crippen LogP contribution < -0.4 is 5.01 Å². The summed E-state index contributed by atoms with van der Waals surface area (Å²) in [5.74, 6) is -0.274. The number of aromatic amines is 1. The summed E-state index contributed by atoms with van der Waals surface area (Å²) >= 11 is 8.56. The third-order valence-electron chi connectivity index (χ3n) is 3.46. The summed E-state index contributed by atoms with van der Waals surface area (Å²) in [5, 5.41) is 2.16. The Kier molecular flexibility index (Phi) is 3.36. The first-order valence-corrected chi connectivity index (χ1v) is 7.30. The van der Waals surface area contributed by atoms with Crippen LogP contribution in [-0.4, -0.2) is 47.8 Å². The third-order valence-corrected chi connectivity index (χ3v) is 4.35. The minimum atomic E-state index is -0.274. The van der Waals surface area contributed by atoms with E-state index in [1.165, 1.54) is 6.07 Å². The zero-order valence-corrected chi connectivity index (χ0v) is 12.9. The molecule has 0 bridgehead atoms. The number of nitrogens with one attached hydrogen (secondary N) is 1. The quantitative estimate of drug-likeness (QED) is 0.805. The highest BCUT2D eigenvalue weighted by Gasteiger charge is 2.18. The number of benzene rings is 1. The van der Waals surface area contributed by atoms with Gasteiger partial charge in [0.15, 0.2) is 4.77 Å². The van der Waals surface area contributed by atoms with Crippen molar-refractivity contribution in [1.29, 1.82) is 0 Å². The Balaban J connectivity index is 2.10. The van der Waals surface area contributed by atoms with Crippen LogP contribution in [0.3, 0.4) is 0 Å². The second kappa shape index (κ2) is 4.88. The van der Waals surface area contributed by atoms with Gasteiger partial charge in [0.25, 0.3) is 0 Å². The van der Waals surface area contributed by atoms with Crippen molar-refractivity contribution in [2.45, 2.75) is 0 Å². The Morgan fingerprint density at radius 1 is 1.26 bits per heavy atom. The fourth-order valence-corrected chi connectivity index (χ4v) is 3.03. The number of imidazole rings is 1. The van der Waals surface area contributed by atoms with E-state index in [1.807, 2.05) is 4.68 Å². The summed E-state index contributed by atoms with van der Waals surface area (Å²) in [6, 6.07) is 3.25. The minimum Gasteiger partial charge on any atom is -0.329 e. The summed E-state index contributed by atoms with van der Waals surface area (Å²) in [7, 11) is 2.10. The van der Waals surface area contributed by atoms with Crippen molar-refractivity contribution in [3.8, 4) is 0 Å². The van der Waals surface area contributed by atoms with Gasteiger partial charge >= 0.3 is 0 Å². The summed E-state index contributed by atoms with van der Waals surface area (Å²) < 4.78 is 16.7. The van der Waals surface area contributed by atoms with E-state index in [2.05, 4.69) is 37.9 Å². The molecule has 1 aromatic carbocycles. The summed E-state index contributed by atoms with van der Waals surface area (Å²) in [4.78, 5) is 5.40. The van der Waals surface area contributed by atoms with Crippen LogP contribution in [0.5, 0.6) is 0 Å². The maximum absolute atomic E-state index is 13.7. The molecule has 0 radical (unpaired) electrons. The standard InChI is InChI=1S/C12H14BrFN4S/c1-16-2-4-17(5-3-16)18-11-7-9(14)8(13)6-10(11)15-12(18)19/h6-7H,2-5H2,1H3,(H,15,19). The van der Waals surface area contributed by atoms with Gasteiger partial charge in [-0.2, -0.15) is 0 Å². The number of nitrogens with zero attached hydrogens (tertiary/aromatic N) is 3. The Bertz CT molecular complexity index is 672. The van der Waals surface area contributed by atoms with E-state index in [4.69, 9.17) is 12.2 Å². The smallest absolute Gasteiger partial charge is 0.197 e. The van der Waals surface area contributed by atoms with Gasteiger partial charge in [0.2, 0.25) is 0 Å². The molecule has 2 heterocycles. The zero-order chi connectivity index (χ0) is 13.6. The molecule has 0 amide bonds. The van der Waals surface area contributed by atoms with Crippen LogP contribution in [0.25, 0.3) is 11.0 Å². The van der Waals surface area contributed by atoms with Crippen molar-refractivity contribution in [1.82, 2.24) is 14.6 Å². The highest BCUT2D eigenvalue weighted by molar-refractivity contribution is 9.10. The van der Waals surface area contributed by atoms with Crippen molar-refractivity contribution >= 4 is 39.2 Å². The number of aromatic nitrogens is 2. The molecule has 102 valence electrons. The number of piperazine rings is 1. The zero-order valence-electron chi connectivity index (χ0n) is 10.5. The lowest BCUT2D eigenvalue weighted by Crippen LogP contribution is -2.49.